The molecule has 0 bridgehead atoms. The molecule has 0 heterocycles. The lowest BCUT2D eigenvalue weighted by Gasteiger charge is -2.29. The van der Waals surface area contributed by atoms with Crippen molar-refractivity contribution >= 4 is 0 Å². The van der Waals surface area contributed by atoms with Crippen molar-refractivity contribution in [2.24, 2.45) is 11.7 Å². The molecule has 1 aliphatic rings. The molecule has 1 fully saturated rings. The Bertz CT molecular complexity index is 352. The minimum atomic E-state index is -0.505. The Kier molecular flexibility index (Phi) is 4.11. The molecule has 17 heavy (non-hydrogen) atoms. The van der Waals surface area contributed by atoms with Gasteiger partial charge in [-0.2, -0.15) is 0 Å². The zero-order valence-electron chi connectivity index (χ0n) is 9.96. The van der Waals surface area contributed by atoms with Crippen LogP contribution in [0.4, 0.5) is 8.78 Å². The maximum atomic E-state index is 13.2. The third kappa shape index (κ3) is 3.03. The highest BCUT2D eigenvalue weighted by molar-refractivity contribution is 5.23. The van der Waals surface area contributed by atoms with Crippen LogP contribution in [0.25, 0.3) is 0 Å². The zero-order chi connectivity index (χ0) is 12.3. The van der Waals surface area contributed by atoms with E-state index in [1.54, 1.807) is 0 Å². The third-order valence-corrected chi connectivity index (χ3v) is 3.79. The maximum Gasteiger partial charge on any atom is 0.126 e. The molecule has 1 atom stereocenters. The van der Waals surface area contributed by atoms with Crippen molar-refractivity contribution in [1.29, 1.82) is 0 Å². The van der Waals surface area contributed by atoms with Crippen molar-refractivity contribution in [2.45, 2.75) is 38.0 Å². The van der Waals surface area contributed by atoms with Gasteiger partial charge in [-0.15, -0.1) is 0 Å². The fourth-order valence-electron chi connectivity index (χ4n) is 2.93. The van der Waals surface area contributed by atoms with Crippen molar-refractivity contribution < 1.29 is 8.78 Å². The molecule has 0 amide bonds. The molecule has 0 aromatic heterocycles. The van der Waals surface area contributed by atoms with E-state index in [0.717, 1.165) is 24.5 Å². The smallest absolute Gasteiger partial charge is 0.126 e. The van der Waals surface area contributed by atoms with Crippen LogP contribution in [0.1, 0.15) is 43.6 Å². The Hall–Kier alpha value is -0.960. The van der Waals surface area contributed by atoms with E-state index in [2.05, 4.69) is 0 Å². The van der Waals surface area contributed by atoms with E-state index < -0.39 is 11.6 Å². The Labute approximate surface area is 101 Å². The fourth-order valence-corrected chi connectivity index (χ4v) is 2.93. The lowest BCUT2D eigenvalue weighted by molar-refractivity contribution is 0.306. The van der Waals surface area contributed by atoms with Gasteiger partial charge in [-0.3, -0.25) is 0 Å². The van der Waals surface area contributed by atoms with Crippen molar-refractivity contribution in [3.8, 4) is 0 Å². The highest BCUT2D eigenvalue weighted by Crippen LogP contribution is 2.35. The molecular weight excluding hydrogens is 220 g/mol. The largest absolute Gasteiger partial charge is 0.330 e. The molecule has 0 aliphatic heterocycles. The summed E-state index contributed by atoms with van der Waals surface area (Å²) >= 11 is 0. The summed E-state index contributed by atoms with van der Waals surface area (Å²) in [4.78, 5) is 0. The number of benzene rings is 1. The van der Waals surface area contributed by atoms with E-state index in [4.69, 9.17) is 5.73 Å². The molecule has 1 unspecified atom stereocenters. The Morgan fingerprint density at radius 3 is 2.18 bits per heavy atom. The van der Waals surface area contributed by atoms with Crippen LogP contribution in [0.15, 0.2) is 18.2 Å². The SMILES string of the molecule is NCC(c1cc(F)cc(F)c1)C1CCCCC1. The molecule has 3 heteroatoms. The standard InChI is InChI=1S/C14H19F2N/c15-12-6-11(7-13(16)8-12)14(9-17)10-4-2-1-3-5-10/h6-8,10,14H,1-5,9,17H2. The highest BCUT2D eigenvalue weighted by atomic mass is 19.1. The molecule has 1 nitrogen and oxygen atoms in total. The van der Waals surface area contributed by atoms with Gasteiger partial charge in [0.15, 0.2) is 0 Å². The van der Waals surface area contributed by atoms with Gasteiger partial charge < -0.3 is 5.73 Å². The molecular formula is C14H19F2N. The van der Waals surface area contributed by atoms with Gasteiger partial charge in [-0.25, -0.2) is 8.78 Å². The van der Waals surface area contributed by atoms with E-state index in [1.807, 2.05) is 0 Å². The van der Waals surface area contributed by atoms with E-state index in [1.165, 1.54) is 31.4 Å². The Morgan fingerprint density at radius 1 is 1.06 bits per heavy atom. The van der Waals surface area contributed by atoms with Crippen LogP contribution >= 0.6 is 0 Å². The van der Waals surface area contributed by atoms with Gasteiger partial charge in [0.1, 0.15) is 11.6 Å². The molecule has 2 N–H and O–H groups in total. The first kappa shape index (κ1) is 12.5. The second kappa shape index (κ2) is 5.58. The summed E-state index contributed by atoms with van der Waals surface area (Å²) in [7, 11) is 0. The first-order valence-electron chi connectivity index (χ1n) is 6.37. The molecule has 2 rings (SSSR count). The van der Waals surface area contributed by atoms with Gasteiger partial charge in [-0.05, 0) is 48.9 Å². The zero-order valence-corrected chi connectivity index (χ0v) is 9.96. The van der Waals surface area contributed by atoms with Crippen molar-refractivity contribution in [3.63, 3.8) is 0 Å². The monoisotopic (exact) mass is 239 g/mol. The van der Waals surface area contributed by atoms with Crippen LogP contribution in [0.2, 0.25) is 0 Å². The Morgan fingerprint density at radius 2 is 1.65 bits per heavy atom. The highest BCUT2D eigenvalue weighted by Gasteiger charge is 2.24. The van der Waals surface area contributed by atoms with Crippen molar-refractivity contribution in [1.82, 2.24) is 0 Å². The summed E-state index contributed by atoms with van der Waals surface area (Å²) in [6.45, 7) is 0.466. The van der Waals surface area contributed by atoms with Crippen LogP contribution in [-0.4, -0.2) is 6.54 Å². The van der Waals surface area contributed by atoms with Gasteiger partial charge in [0, 0.05) is 6.07 Å². The van der Waals surface area contributed by atoms with E-state index in [0.29, 0.717) is 12.5 Å². The van der Waals surface area contributed by atoms with E-state index in [9.17, 15) is 8.78 Å². The van der Waals surface area contributed by atoms with E-state index >= 15 is 0 Å². The van der Waals surface area contributed by atoms with Crippen LogP contribution in [0, 0.1) is 17.6 Å². The van der Waals surface area contributed by atoms with Crippen molar-refractivity contribution in [3.05, 3.63) is 35.4 Å². The molecule has 1 aromatic rings. The van der Waals surface area contributed by atoms with Gasteiger partial charge in [0.2, 0.25) is 0 Å². The molecule has 1 aromatic carbocycles. The predicted molar refractivity (Wildman–Crippen MR) is 64.7 cm³/mol. The number of hydrogen-bond acceptors (Lipinski definition) is 1. The quantitative estimate of drug-likeness (QED) is 0.857. The number of halogens is 2. The topological polar surface area (TPSA) is 26.0 Å². The normalized spacial score (nSPS) is 19.2. The van der Waals surface area contributed by atoms with E-state index in [-0.39, 0.29) is 5.92 Å². The maximum absolute atomic E-state index is 13.2. The fraction of sp³-hybridized carbons (Fsp3) is 0.571. The predicted octanol–water partition coefficient (Wildman–Crippen LogP) is 3.59. The summed E-state index contributed by atoms with van der Waals surface area (Å²) in [6, 6.07) is 3.77. The number of hydrogen-bond donors (Lipinski definition) is 1. The number of nitrogens with two attached hydrogens (primary N) is 1. The van der Waals surface area contributed by atoms with Gasteiger partial charge in [0.05, 0.1) is 0 Å². The first-order valence-corrected chi connectivity index (χ1v) is 6.37. The molecule has 1 saturated carbocycles. The average Bonchev–Trinajstić information content (AvgIpc) is 2.30. The Balaban J connectivity index is 2.21. The lowest BCUT2D eigenvalue weighted by atomic mass is 9.77. The molecule has 0 radical (unpaired) electrons. The second-order valence-electron chi connectivity index (χ2n) is 4.94. The summed E-state index contributed by atoms with van der Waals surface area (Å²) < 4.78 is 26.4. The van der Waals surface area contributed by atoms with Crippen LogP contribution in [0.5, 0.6) is 0 Å². The summed E-state index contributed by atoms with van der Waals surface area (Å²) in [5, 5.41) is 0. The second-order valence-corrected chi connectivity index (χ2v) is 4.94. The van der Waals surface area contributed by atoms with Crippen LogP contribution in [-0.2, 0) is 0 Å². The van der Waals surface area contributed by atoms with Crippen LogP contribution < -0.4 is 5.73 Å². The minimum Gasteiger partial charge on any atom is -0.330 e. The van der Waals surface area contributed by atoms with Gasteiger partial charge in [0.25, 0.3) is 0 Å². The minimum absolute atomic E-state index is 0.0977. The van der Waals surface area contributed by atoms with Crippen molar-refractivity contribution in [2.75, 3.05) is 6.54 Å². The summed E-state index contributed by atoms with van der Waals surface area (Å²) in [6.07, 6.45) is 5.93. The first-order chi connectivity index (χ1) is 8.20. The third-order valence-electron chi connectivity index (χ3n) is 3.79. The van der Waals surface area contributed by atoms with Gasteiger partial charge in [-0.1, -0.05) is 19.3 Å². The average molecular weight is 239 g/mol. The van der Waals surface area contributed by atoms with Crippen LogP contribution in [0.3, 0.4) is 0 Å². The summed E-state index contributed by atoms with van der Waals surface area (Å²) in [5.74, 6) is -0.432. The lowest BCUT2D eigenvalue weighted by Crippen LogP contribution is -2.23. The molecule has 0 spiro atoms. The summed E-state index contributed by atoms with van der Waals surface area (Å²) in [5.41, 5.74) is 6.51. The van der Waals surface area contributed by atoms with Gasteiger partial charge >= 0.3 is 0 Å². The number of rotatable bonds is 3. The molecule has 0 saturated heterocycles. The molecule has 1 aliphatic carbocycles. The molecule has 94 valence electrons.